The Morgan fingerprint density at radius 3 is 2.77 bits per heavy atom. The van der Waals surface area contributed by atoms with Gasteiger partial charge in [-0.05, 0) is 12.1 Å². The Morgan fingerprint density at radius 2 is 2.23 bits per heavy atom. The van der Waals surface area contributed by atoms with Gasteiger partial charge in [0.1, 0.15) is 11.5 Å². The van der Waals surface area contributed by atoms with E-state index in [1.165, 1.54) is 0 Å². The molecule has 1 heterocycles. The molecule has 0 atom stereocenters. The second-order valence-corrected chi connectivity index (χ2v) is 2.78. The van der Waals surface area contributed by atoms with E-state index in [-0.39, 0.29) is 5.91 Å². The van der Waals surface area contributed by atoms with Gasteiger partial charge in [-0.25, -0.2) is 9.99 Å². The third kappa shape index (κ3) is 2.72. The Balaban J connectivity index is 2.77. The molecule has 5 nitrogen and oxygen atoms in total. The fourth-order valence-electron chi connectivity index (χ4n) is 0.838. The molecule has 1 rings (SSSR count). The number of nitrogens with two attached hydrogens (primary N) is 1. The molecular formula is C8H12N4O. The second-order valence-electron chi connectivity index (χ2n) is 2.78. The molecular weight excluding hydrogens is 168 g/mol. The lowest BCUT2D eigenvalue weighted by Crippen LogP contribution is -2.36. The van der Waals surface area contributed by atoms with Gasteiger partial charge in [-0.2, -0.15) is 0 Å². The average molecular weight is 180 g/mol. The zero-order valence-corrected chi connectivity index (χ0v) is 7.61. The molecule has 0 fully saturated rings. The highest BCUT2D eigenvalue weighted by atomic mass is 16.2. The van der Waals surface area contributed by atoms with Crippen molar-refractivity contribution in [2.45, 2.75) is 0 Å². The van der Waals surface area contributed by atoms with Gasteiger partial charge in [0.2, 0.25) is 0 Å². The van der Waals surface area contributed by atoms with Crippen LogP contribution in [0, 0.1) is 0 Å². The van der Waals surface area contributed by atoms with E-state index in [9.17, 15) is 4.79 Å². The summed E-state index contributed by atoms with van der Waals surface area (Å²) in [4.78, 5) is 15.2. The summed E-state index contributed by atoms with van der Waals surface area (Å²) in [5.74, 6) is 0.0729. The van der Waals surface area contributed by atoms with Crippen LogP contribution < -0.4 is 11.2 Å². The maximum Gasteiger partial charge on any atom is 0.284 e. The van der Waals surface area contributed by atoms with Gasteiger partial charge in [0.05, 0.1) is 0 Å². The molecule has 70 valence electrons. The van der Waals surface area contributed by atoms with E-state index in [1.54, 1.807) is 37.3 Å². The topological polar surface area (TPSA) is 71.2 Å². The molecule has 5 heteroatoms. The van der Waals surface area contributed by atoms with E-state index in [1.807, 2.05) is 0 Å². The monoisotopic (exact) mass is 180 g/mol. The summed E-state index contributed by atoms with van der Waals surface area (Å²) in [7, 11) is 3.45. The number of anilines is 1. The van der Waals surface area contributed by atoms with Crippen LogP contribution in [0.4, 0.5) is 5.82 Å². The van der Waals surface area contributed by atoms with Crippen molar-refractivity contribution < 1.29 is 4.79 Å². The van der Waals surface area contributed by atoms with Crippen molar-refractivity contribution in [3.8, 4) is 0 Å². The molecule has 0 aromatic carbocycles. The molecule has 13 heavy (non-hydrogen) atoms. The molecule has 0 aliphatic rings. The van der Waals surface area contributed by atoms with Crippen LogP contribution in [-0.4, -0.2) is 30.0 Å². The number of hydrogen-bond acceptors (Lipinski definition) is 4. The number of hydrazine groups is 1. The van der Waals surface area contributed by atoms with E-state index < -0.39 is 0 Å². The Hall–Kier alpha value is -1.62. The number of nitrogens with one attached hydrogen (secondary N) is 1. The second kappa shape index (κ2) is 3.86. The minimum atomic E-state index is -0.266. The molecule has 0 radical (unpaired) electrons. The zero-order chi connectivity index (χ0) is 9.84. The predicted molar refractivity (Wildman–Crippen MR) is 49.8 cm³/mol. The van der Waals surface area contributed by atoms with Gasteiger partial charge in [-0.3, -0.25) is 10.2 Å². The van der Waals surface area contributed by atoms with E-state index in [0.29, 0.717) is 11.5 Å². The minimum absolute atomic E-state index is 0.266. The lowest BCUT2D eigenvalue weighted by atomic mass is 10.3. The number of hydrogen-bond donors (Lipinski definition) is 2. The molecule has 0 unspecified atom stereocenters. The molecule has 1 aromatic heterocycles. The van der Waals surface area contributed by atoms with Crippen LogP contribution in [0.3, 0.4) is 0 Å². The van der Waals surface area contributed by atoms with E-state index in [2.05, 4.69) is 10.4 Å². The van der Waals surface area contributed by atoms with Crippen molar-refractivity contribution >= 4 is 11.7 Å². The zero-order valence-electron chi connectivity index (χ0n) is 7.61. The molecule has 3 N–H and O–H groups in total. The van der Waals surface area contributed by atoms with Gasteiger partial charge < -0.3 is 5.73 Å². The first-order valence-electron chi connectivity index (χ1n) is 3.80. The van der Waals surface area contributed by atoms with Gasteiger partial charge in [0.15, 0.2) is 0 Å². The molecule has 1 amide bonds. The van der Waals surface area contributed by atoms with E-state index in [4.69, 9.17) is 5.73 Å². The van der Waals surface area contributed by atoms with Gasteiger partial charge in [0.25, 0.3) is 5.91 Å². The Kier molecular flexibility index (Phi) is 2.81. The fraction of sp³-hybridized carbons (Fsp3) is 0.250. The van der Waals surface area contributed by atoms with Crippen LogP contribution in [-0.2, 0) is 0 Å². The van der Waals surface area contributed by atoms with Crippen molar-refractivity contribution in [2.24, 2.45) is 0 Å². The Bertz CT molecular complexity index is 311. The highest BCUT2D eigenvalue weighted by Gasteiger charge is 2.06. The van der Waals surface area contributed by atoms with E-state index in [0.717, 1.165) is 0 Å². The summed E-state index contributed by atoms with van der Waals surface area (Å²) in [6.45, 7) is 0. The molecule has 0 spiro atoms. The predicted octanol–water partition coefficient (Wildman–Crippen LogP) is -0.130. The first-order valence-corrected chi connectivity index (χ1v) is 3.80. The Labute approximate surface area is 76.5 Å². The smallest absolute Gasteiger partial charge is 0.284 e. The highest BCUT2D eigenvalue weighted by molar-refractivity contribution is 5.92. The summed E-state index contributed by atoms with van der Waals surface area (Å²) in [6.07, 6.45) is 0. The molecule has 0 bridgehead atoms. The lowest BCUT2D eigenvalue weighted by Gasteiger charge is -2.10. The van der Waals surface area contributed by atoms with Crippen molar-refractivity contribution in [1.29, 1.82) is 0 Å². The maximum atomic E-state index is 11.3. The number of aromatic nitrogens is 1. The van der Waals surface area contributed by atoms with Crippen molar-refractivity contribution in [1.82, 2.24) is 15.4 Å². The number of rotatable bonds is 2. The van der Waals surface area contributed by atoms with Gasteiger partial charge in [0, 0.05) is 14.1 Å². The molecule has 0 aliphatic heterocycles. The SMILES string of the molecule is CN(C)NC(=O)c1cccc(N)n1. The van der Waals surface area contributed by atoms with Crippen molar-refractivity contribution in [3.63, 3.8) is 0 Å². The molecule has 0 aliphatic carbocycles. The molecule has 1 aromatic rings. The number of carbonyl (C=O) groups is 1. The van der Waals surface area contributed by atoms with E-state index >= 15 is 0 Å². The number of nitrogens with zero attached hydrogens (tertiary/aromatic N) is 2. The summed E-state index contributed by atoms with van der Waals surface area (Å²) in [6, 6.07) is 4.93. The van der Waals surface area contributed by atoms with Crippen molar-refractivity contribution in [3.05, 3.63) is 23.9 Å². The third-order valence-electron chi connectivity index (χ3n) is 1.33. The average Bonchev–Trinajstić information content (AvgIpc) is 2.03. The highest BCUT2D eigenvalue weighted by Crippen LogP contribution is 1.99. The van der Waals surface area contributed by atoms with Gasteiger partial charge >= 0.3 is 0 Å². The third-order valence-corrected chi connectivity index (χ3v) is 1.33. The fourth-order valence-corrected chi connectivity index (χ4v) is 0.838. The Morgan fingerprint density at radius 1 is 1.54 bits per heavy atom. The van der Waals surface area contributed by atoms with Crippen LogP contribution in [0.25, 0.3) is 0 Å². The number of carbonyl (C=O) groups excluding carboxylic acids is 1. The lowest BCUT2D eigenvalue weighted by molar-refractivity contribution is 0.0851. The summed E-state index contributed by atoms with van der Waals surface area (Å²) in [5.41, 5.74) is 8.30. The van der Waals surface area contributed by atoms with Crippen LogP contribution in [0.1, 0.15) is 10.5 Å². The van der Waals surface area contributed by atoms with Crippen LogP contribution >= 0.6 is 0 Å². The van der Waals surface area contributed by atoms with Crippen molar-refractivity contribution in [2.75, 3.05) is 19.8 Å². The maximum absolute atomic E-state index is 11.3. The van der Waals surface area contributed by atoms with Crippen LogP contribution in [0.5, 0.6) is 0 Å². The first kappa shape index (κ1) is 9.47. The number of amides is 1. The van der Waals surface area contributed by atoms with Gasteiger partial charge in [-0.15, -0.1) is 0 Å². The largest absolute Gasteiger partial charge is 0.384 e. The quantitative estimate of drug-likeness (QED) is 0.622. The summed E-state index contributed by atoms with van der Waals surface area (Å²) < 4.78 is 0. The minimum Gasteiger partial charge on any atom is -0.384 e. The first-order chi connectivity index (χ1) is 6.09. The summed E-state index contributed by atoms with van der Waals surface area (Å²) in [5, 5.41) is 1.55. The summed E-state index contributed by atoms with van der Waals surface area (Å²) >= 11 is 0. The van der Waals surface area contributed by atoms with Gasteiger partial charge in [-0.1, -0.05) is 6.07 Å². The molecule has 0 saturated carbocycles. The number of pyridine rings is 1. The standard InChI is InChI=1S/C8H12N4O/c1-12(2)11-8(13)6-4-3-5-7(9)10-6/h3-5H,1-2H3,(H2,9,10)(H,11,13). The van der Waals surface area contributed by atoms with Crippen LogP contribution in [0.15, 0.2) is 18.2 Å². The van der Waals surface area contributed by atoms with Crippen LogP contribution in [0.2, 0.25) is 0 Å². The number of nitrogen functional groups attached to an aromatic ring is 1. The molecule has 0 saturated heterocycles. The normalized spacial score (nSPS) is 10.1.